The standard InChI is InChI=1S/C15H21N3O2/c1-5-15(6-2,19-4)14-17-13(20-18-14)12-8-7-11(16)9-10(12)3/h7-9H,5-6,16H2,1-4H3. The largest absolute Gasteiger partial charge is 0.399 e. The van der Waals surface area contributed by atoms with Crippen LogP contribution in [-0.2, 0) is 10.3 Å². The minimum Gasteiger partial charge on any atom is -0.399 e. The van der Waals surface area contributed by atoms with Gasteiger partial charge in [0.15, 0.2) is 0 Å². The van der Waals surface area contributed by atoms with Crippen molar-refractivity contribution in [1.29, 1.82) is 0 Å². The Morgan fingerprint density at radius 2 is 2.00 bits per heavy atom. The Kier molecular flexibility index (Phi) is 4.09. The number of nitrogens with two attached hydrogens (primary N) is 1. The van der Waals surface area contributed by atoms with Gasteiger partial charge in [-0.1, -0.05) is 19.0 Å². The predicted octanol–water partition coefficient (Wildman–Crippen LogP) is 3.29. The van der Waals surface area contributed by atoms with Crippen LogP contribution < -0.4 is 5.73 Å². The molecule has 2 N–H and O–H groups in total. The van der Waals surface area contributed by atoms with Crippen LogP contribution in [-0.4, -0.2) is 17.3 Å². The molecule has 1 aromatic carbocycles. The fourth-order valence-corrected chi connectivity index (χ4v) is 2.39. The summed E-state index contributed by atoms with van der Waals surface area (Å²) in [7, 11) is 1.68. The van der Waals surface area contributed by atoms with Gasteiger partial charge in [0.2, 0.25) is 5.82 Å². The second kappa shape index (κ2) is 5.63. The van der Waals surface area contributed by atoms with Crippen molar-refractivity contribution in [1.82, 2.24) is 10.1 Å². The summed E-state index contributed by atoms with van der Waals surface area (Å²) in [5, 5.41) is 4.10. The predicted molar refractivity (Wildman–Crippen MR) is 78.2 cm³/mol. The second-order valence-corrected chi connectivity index (χ2v) is 4.90. The first kappa shape index (κ1) is 14.5. The van der Waals surface area contributed by atoms with Crippen molar-refractivity contribution in [3.8, 4) is 11.5 Å². The molecule has 0 radical (unpaired) electrons. The molecule has 1 aromatic heterocycles. The molecule has 0 fully saturated rings. The lowest BCUT2D eigenvalue weighted by Crippen LogP contribution is -2.28. The van der Waals surface area contributed by atoms with Gasteiger partial charge in [0, 0.05) is 18.4 Å². The Bertz CT molecular complexity index is 580. The highest BCUT2D eigenvalue weighted by Crippen LogP contribution is 2.32. The average molecular weight is 275 g/mol. The molecule has 0 aliphatic rings. The number of nitrogen functional groups attached to an aromatic ring is 1. The summed E-state index contributed by atoms with van der Waals surface area (Å²) in [4.78, 5) is 4.51. The molecule has 0 unspecified atom stereocenters. The van der Waals surface area contributed by atoms with Crippen LogP contribution in [0.2, 0.25) is 0 Å². The lowest BCUT2D eigenvalue weighted by molar-refractivity contribution is -0.0306. The SMILES string of the molecule is CCC(CC)(OC)c1noc(-c2ccc(N)cc2C)n1. The minimum atomic E-state index is -0.483. The van der Waals surface area contributed by atoms with Gasteiger partial charge in [-0.25, -0.2) is 0 Å². The molecule has 0 aliphatic carbocycles. The number of ether oxygens (including phenoxy) is 1. The molecule has 20 heavy (non-hydrogen) atoms. The number of rotatable bonds is 5. The summed E-state index contributed by atoms with van der Waals surface area (Å²) < 4.78 is 11.0. The molecule has 2 rings (SSSR count). The van der Waals surface area contributed by atoms with Gasteiger partial charge >= 0.3 is 0 Å². The molecule has 0 saturated carbocycles. The van der Waals surface area contributed by atoms with Gasteiger partial charge in [-0.3, -0.25) is 0 Å². The molecule has 2 aromatic rings. The number of nitrogens with zero attached hydrogens (tertiary/aromatic N) is 2. The zero-order valence-electron chi connectivity index (χ0n) is 12.4. The van der Waals surface area contributed by atoms with E-state index in [1.165, 1.54) is 0 Å². The molecule has 0 aliphatic heterocycles. The van der Waals surface area contributed by atoms with E-state index < -0.39 is 5.60 Å². The Morgan fingerprint density at radius 1 is 1.30 bits per heavy atom. The number of aromatic nitrogens is 2. The van der Waals surface area contributed by atoms with Crippen molar-refractivity contribution < 1.29 is 9.26 Å². The molecule has 5 nitrogen and oxygen atoms in total. The summed E-state index contributed by atoms with van der Waals surface area (Å²) in [6.45, 7) is 6.08. The van der Waals surface area contributed by atoms with Crippen molar-refractivity contribution >= 4 is 5.69 Å². The third-order valence-electron chi connectivity index (χ3n) is 3.85. The number of aryl methyl sites for hydroxylation is 1. The third-order valence-corrected chi connectivity index (χ3v) is 3.85. The average Bonchev–Trinajstić information content (AvgIpc) is 2.91. The van der Waals surface area contributed by atoms with Gasteiger partial charge in [0.25, 0.3) is 5.89 Å². The van der Waals surface area contributed by atoms with Crippen LogP contribution >= 0.6 is 0 Å². The number of methoxy groups -OCH3 is 1. The van der Waals surface area contributed by atoms with E-state index in [0.29, 0.717) is 11.7 Å². The van der Waals surface area contributed by atoms with Gasteiger partial charge in [-0.15, -0.1) is 0 Å². The molecule has 5 heteroatoms. The highest BCUT2D eigenvalue weighted by Gasteiger charge is 2.33. The van der Waals surface area contributed by atoms with E-state index in [4.69, 9.17) is 15.0 Å². The molecule has 0 atom stereocenters. The van der Waals surface area contributed by atoms with Crippen molar-refractivity contribution in [2.45, 2.75) is 39.2 Å². The number of benzene rings is 1. The smallest absolute Gasteiger partial charge is 0.258 e. The molecule has 1 heterocycles. The zero-order valence-corrected chi connectivity index (χ0v) is 12.4. The van der Waals surface area contributed by atoms with Gasteiger partial charge in [-0.05, 0) is 43.5 Å². The summed E-state index contributed by atoms with van der Waals surface area (Å²) in [5.74, 6) is 1.09. The molecule has 0 spiro atoms. The molecule has 0 bridgehead atoms. The first-order valence-corrected chi connectivity index (χ1v) is 6.82. The number of hydrogen-bond donors (Lipinski definition) is 1. The normalized spacial score (nSPS) is 11.8. The Morgan fingerprint density at radius 3 is 2.55 bits per heavy atom. The van der Waals surface area contributed by atoms with Crippen molar-refractivity contribution in [3.05, 3.63) is 29.6 Å². The summed E-state index contributed by atoms with van der Waals surface area (Å²) in [5.41, 5.74) is 7.91. The van der Waals surface area contributed by atoms with Crippen molar-refractivity contribution in [3.63, 3.8) is 0 Å². The molecular weight excluding hydrogens is 254 g/mol. The monoisotopic (exact) mass is 275 g/mol. The van der Waals surface area contributed by atoms with E-state index in [0.717, 1.165) is 29.7 Å². The maximum Gasteiger partial charge on any atom is 0.258 e. The number of anilines is 1. The Labute approximate surface area is 119 Å². The Balaban J connectivity index is 2.42. The van der Waals surface area contributed by atoms with Crippen LogP contribution in [0.1, 0.15) is 38.1 Å². The maximum absolute atomic E-state index is 5.76. The lowest BCUT2D eigenvalue weighted by Gasteiger charge is -2.25. The van der Waals surface area contributed by atoms with E-state index in [9.17, 15) is 0 Å². The van der Waals surface area contributed by atoms with Crippen molar-refractivity contribution in [2.75, 3.05) is 12.8 Å². The van der Waals surface area contributed by atoms with Gasteiger partial charge in [0.1, 0.15) is 5.60 Å². The van der Waals surface area contributed by atoms with Crippen LogP contribution in [0.15, 0.2) is 22.7 Å². The third kappa shape index (κ3) is 2.41. The molecular formula is C15H21N3O2. The summed E-state index contributed by atoms with van der Waals surface area (Å²) in [6, 6.07) is 5.62. The van der Waals surface area contributed by atoms with E-state index in [1.807, 2.05) is 25.1 Å². The van der Waals surface area contributed by atoms with Crippen LogP contribution in [0, 0.1) is 6.92 Å². The number of hydrogen-bond acceptors (Lipinski definition) is 5. The molecule has 108 valence electrons. The van der Waals surface area contributed by atoms with Crippen LogP contribution in [0.5, 0.6) is 0 Å². The topological polar surface area (TPSA) is 74.2 Å². The Hall–Kier alpha value is -1.88. The van der Waals surface area contributed by atoms with E-state index in [2.05, 4.69) is 24.0 Å². The molecule has 0 amide bonds. The van der Waals surface area contributed by atoms with Gasteiger partial charge in [-0.2, -0.15) is 4.98 Å². The minimum absolute atomic E-state index is 0.483. The summed E-state index contributed by atoms with van der Waals surface area (Å²) in [6.07, 6.45) is 1.58. The zero-order chi connectivity index (χ0) is 14.8. The van der Waals surface area contributed by atoms with E-state index in [1.54, 1.807) is 7.11 Å². The second-order valence-electron chi connectivity index (χ2n) is 4.90. The van der Waals surface area contributed by atoms with Gasteiger partial charge < -0.3 is 15.0 Å². The van der Waals surface area contributed by atoms with Crippen LogP contribution in [0.3, 0.4) is 0 Å². The van der Waals surface area contributed by atoms with E-state index in [-0.39, 0.29) is 0 Å². The highest BCUT2D eigenvalue weighted by atomic mass is 16.5. The van der Waals surface area contributed by atoms with E-state index >= 15 is 0 Å². The van der Waals surface area contributed by atoms with Crippen molar-refractivity contribution in [2.24, 2.45) is 0 Å². The maximum atomic E-state index is 5.76. The summed E-state index contributed by atoms with van der Waals surface area (Å²) >= 11 is 0. The lowest BCUT2D eigenvalue weighted by atomic mass is 9.96. The van der Waals surface area contributed by atoms with Crippen LogP contribution in [0.4, 0.5) is 5.69 Å². The fraction of sp³-hybridized carbons (Fsp3) is 0.467. The van der Waals surface area contributed by atoms with Crippen LogP contribution in [0.25, 0.3) is 11.5 Å². The quantitative estimate of drug-likeness (QED) is 0.847. The van der Waals surface area contributed by atoms with Gasteiger partial charge in [0.05, 0.1) is 0 Å². The highest BCUT2D eigenvalue weighted by molar-refractivity contribution is 5.62. The molecule has 0 saturated heterocycles. The first-order valence-electron chi connectivity index (χ1n) is 6.82. The first-order chi connectivity index (χ1) is 9.56. The fourth-order valence-electron chi connectivity index (χ4n) is 2.39.